The van der Waals surface area contributed by atoms with E-state index in [4.69, 9.17) is 0 Å². The van der Waals surface area contributed by atoms with Crippen molar-refractivity contribution in [1.29, 1.82) is 0 Å². The molecule has 0 unspecified atom stereocenters. The molecule has 0 saturated heterocycles. The van der Waals surface area contributed by atoms with Gasteiger partial charge in [-0.25, -0.2) is 0 Å². The van der Waals surface area contributed by atoms with Crippen molar-refractivity contribution >= 4 is 0 Å². The maximum absolute atomic E-state index is 2.27. The fraction of sp³-hybridized carbons (Fsp3) is 0.667. The van der Waals surface area contributed by atoms with Gasteiger partial charge in [0.25, 0.3) is 0 Å². The first-order valence-corrected chi connectivity index (χ1v) is 20.1. The van der Waals surface area contributed by atoms with Crippen molar-refractivity contribution in [2.75, 3.05) is 0 Å². The summed E-state index contributed by atoms with van der Waals surface area (Å²) in [4.78, 5) is 0. The molecule has 0 nitrogen and oxygen atoms in total. The molecule has 0 aromatic heterocycles. The molecule has 296 valence electrons. The third-order valence-electron chi connectivity index (χ3n) is 12.2. The van der Waals surface area contributed by atoms with Crippen molar-refractivity contribution in [3.8, 4) is 0 Å². The van der Waals surface area contributed by atoms with Crippen LogP contribution in [0.25, 0.3) is 0 Å². The molecule has 0 N–H and O–H groups in total. The quantitative estimate of drug-likeness (QED) is 0.183. The molecule has 4 heteroatoms. The van der Waals surface area contributed by atoms with Gasteiger partial charge in [0.05, 0.1) is 0 Å². The van der Waals surface area contributed by atoms with Gasteiger partial charge >= 0.3 is 0 Å². The Balaban J connectivity index is -0.000000288. The van der Waals surface area contributed by atoms with Crippen molar-refractivity contribution in [1.82, 2.24) is 0 Å². The van der Waals surface area contributed by atoms with E-state index in [2.05, 4.69) is 111 Å². The normalized spacial score (nSPS) is 16.6. The number of hydrogen-bond acceptors (Lipinski definition) is 0. The molecule has 0 fully saturated rings. The molecule has 0 atom stereocenters. The van der Waals surface area contributed by atoms with Gasteiger partial charge in [-0.2, -0.15) is 0 Å². The first-order valence-electron chi connectivity index (χ1n) is 20.1. The number of halogens is 2. The van der Waals surface area contributed by atoms with Crippen LogP contribution in [0.15, 0.2) is 89.2 Å². The summed E-state index contributed by atoms with van der Waals surface area (Å²) in [6, 6.07) is 0. The number of allylic oxidation sites excluding steroid dienone is 16. The van der Waals surface area contributed by atoms with E-state index in [0.29, 0.717) is 0 Å². The smallest absolute Gasteiger partial charge is 0 e. The molecule has 0 aliphatic heterocycles. The Kier molecular flexibility index (Phi) is 35.6. The molecule has 0 aromatic rings. The Bertz CT molecular complexity index is 1150. The summed E-state index contributed by atoms with van der Waals surface area (Å²) < 4.78 is 0. The summed E-state index contributed by atoms with van der Waals surface area (Å²) in [7, 11) is 0. The van der Waals surface area contributed by atoms with E-state index in [0.717, 1.165) is 0 Å². The molecule has 0 spiro atoms. The zero-order chi connectivity index (χ0) is 36.6. The van der Waals surface area contributed by atoms with Crippen LogP contribution < -0.4 is 24.8 Å². The molecule has 52 heavy (non-hydrogen) atoms. The van der Waals surface area contributed by atoms with Crippen LogP contribution in [0.4, 0.5) is 0 Å². The van der Waals surface area contributed by atoms with Crippen LogP contribution in [0.3, 0.4) is 0 Å². The summed E-state index contributed by atoms with van der Waals surface area (Å²) in [5.41, 5.74) is 25.5. The minimum Gasteiger partial charge on any atom is -1.00 e. The summed E-state index contributed by atoms with van der Waals surface area (Å²) in [6.07, 6.45) is 20.9. The average molecular weight is 911 g/mol. The minimum absolute atomic E-state index is 0. The minimum atomic E-state index is 0. The largest absolute Gasteiger partial charge is 1.00 e. The second-order valence-corrected chi connectivity index (χ2v) is 15.7. The van der Waals surface area contributed by atoms with E-state index in [-0.39, 0.29) is 77.2 Å². The average Bonchev–Trinajstić information content (AvgIpc) is 3.67. The molecule has 4 aliphatic rings. The fourth-order valence-electron chi connectivity index (χ4n) is 7.35. The molecular formula is C48H80Cl2Zr2-2. The van der Waals surface area contributed by atoms with Crippen molar-refractivity contribution in [2.45, 2.75) is 214 Å². The predicted molar refractivity (Wildman–Crippen MR) is 221 cm³/mol. The standard InChI is InChI=1S/4C12H20.2ClH.2Zr/c4*1-5-6-7-12-8-9(2)10(3)11(12)4;;;;/h4*5-8H2,1-4H3;2*1H;;/p-2. The Hall–Kier alpha value is 0.266. The van der Waals surface area contributed by atoms with E-state index >= 15 is 0 Å². The van der Waals surface area contributed by atoms with Gasteiger partial charge in [0, 0.05) is 52.4 Å². The van der Waals surface area contributed by atoms with Gasteiger partial charge in [0.1, 0.15) is 0 Å². The van der Waals surface area contributed by atoms with Gasteiger partial charge in [-0.15, -0.1) is 0 Å². The van der Waals surface area contributed by atoms with Crippen LogP contribution >= 0.6 is 0 Å². The molecule has 0 saturated carbocycles. The molecule has 4 rings (SSSR count). The van der Waals surface area contributed by atoms with E-state index in [1.807, 2.05) is 0 Å². The summed E-state index contributed by atoms with van der Waals surface area (Å²) in [6.45, 7) is 36.2. The van der Waals surface area contributed by atoms with Crippen molar-refractivity contribution in [2.24, 2.45) is 0 Å². The summed E-state index contributed by atoms with van der Waals surface area (Å²) in [5.74, 6) is 0. The number of hydrogen-bond donors (Lipinski definition) is 0. The van der Waals surface area contributed by atoms with Crippen LogP contribution in [-0.4, -0.2) is 0 Å². The molecule has 0 aromatic carbocycles. The first kappa shape index (κ1) is 59.0. The van der Waals surface area contributed by atoms with Crippen LogP contribution in [0.2, 0.25) is 0 Å². The molecular weight excluding hydrogens is 830 g/mol. The van der Waals surface area contributed by atoms with E-state index in [9.17, 15) is 0 Å². The fourth-order valence-corrected chi connectivity index (χ4v) is 7.35. The zero-order valence-electron chi connectivity index (χ0n) is 37.1. The molecule has 0 radical (unpaired) electrons. The number of unbranched alkanes of at least 4 members (excludes halogenated alkanes) is 4. The van der Waals surface area contributed by atoms with Crippen molar-refractivity contribution in [3.05, 3.63) is 89.2 Å². The predicted octanol–water partition coefficient (Wildman–Crippen LogP) is 10.9. The molecule has 0 heterocycles. The summed E-state index contributed by atoms with van der Waals surface area (Å²) >= 11 is 0. The second-order valence-electron chi connectivity index (χ2n) is 15.7. The molecule has 0 amide bonds. The number of rotatable bonds is 12. The van der Waals surface area contributed by atoms with Crippen LogP contribution in [0.5, 0.6) is 0 Å². The third kappa shape index (κ3) is 18.9. The maximum atomic E-state index is 2.27. The van der Waals surface area contributed by atoms with Crippen LogP contribution in [0, 0.1) is 0 Å². The first-order chi connectivity index (χ1) is 22.7. The van der Waals surface area contributed by atoms with Gasteiger partial charge in [-0.05, 0) is 205 Å². The van der Waals surface area contributed by atoms with Crippen molar-refractivity contribution < 1.29 is 77.2 Å². The van der Waals surface area contributed by atoms with Crippen LogP contribution in [0.1, 0.15) is 214 Å². The van der Waals surface area contributed by atoms with Gasteiger partial charge in [0.2, 0.25) is 0 Å². The monoisotopic (exact) mass is 906 g/mol. The Labute approximate surface area is 376 Å². The Morgan fingerprint density at radius 3 is 0.538 bits per heavy atom. The van der Waals surface area contributed by atoms with Gasteiger partial charge in [-0.3, -0.25) is 0 Å². The Morgan fingerprint density at radius 2 is 0.442 bits per heavy atom. The second kappa shape index (κ2) is 31.4. The van der Waals surface area contributed by atoms with Crippen molar-refractivity contribution in [3.63, 3.8) is 0 Å². The maximum Gasteiger partial charge on any atom is 0 e. The zero-order valence-corrected chi connectivity index (χ0v) is 43.5. The topological polar surface area (TPSA) is 0 Å². The molecule has 4 aliphatic carbocycles. The van der Waals surface area contributed by atoms with E-state index < -0.39 is 0 Å². The molecule has 0 bridgehead atoms. The van der Waals surface area contributed by atoms with Gasteiger partial charge in [-0.1, -0.05) is 98.0 Å². The summed E-state index contributed by atoms with van der Waals surface area (Å²) in [5, 5.41) is 0. The SMILES string of the molecule is CCCCC1=C(C)C(C)=C(C)C1.CCCCC1=C(C)C(C)=C(C)C1.CCCCC1=C(C)C(C)=C(C)C1.CCCCC1=C(C)C(C)=C(C)C1.[Cl-].[Cl-].[Zr].[Zr]. The Morgan fingerprint density at radius 1 is 0.288 bits per heavy atom. The van der Waals surface area contributed by atoms with E-state index in [1.54, 1.807) is 89.2 Å². The van der Waals surface area contributed by atoms with Gasteiger partial charge in [0.15, 0.2) is 0 Å². The van der Waals surface area contributed by atoms with Gasteiger partial charge < -0.3 is 24.8 Å². The van der Waals surface area contributed by atoms with E-state index in [1.165, 1.54) is 103 Å². The van der Waals surface area contributed by atoms with Crippen LogP contribution in [-0.2, 0) is 52.4 Å². The third-order valence-corrected chi connectivity index (χ3v) is 12.2.